The second-order valence-corrected chi connectivity index (χ2v) is 4.52. The lowest BCUT2D eigenvalue weighted by atomic mass is 9.74. The fraction of sp³-hybridized carbons (Fsp3) is 0.818. The highest BCUT2D eigenvalue weighted by atomic mass is 16.5. The van der Waals surface area contributed by atoms with Crippen LogP contribution in [0.2, 0.25) is 0 Å². The minimum atomic E-state index is -0.342. The molecule has 0 amide bonds. The highest BCUT2D eigenvalue weighted by Gasteiger charge is 2.41. The summed E-state index contributed by atoms with van der Waals surface area (Å²) >= 11 is 0. The van der Waals surface area contributed by atoms with Gasteiger partial charge in [-0.1, -0.05) is 6.92 Å². The van der Waals surface area contributed by atoms with Gasteiger partial charge >= 0.3 is 0 Å². The Bertz CT molecular complexity index is 244. The topological polar surface area (TPSA) is 29.5 Å². The van der Waals surface area contributed by atoms with Gasteiger partial charge < -0.3 is 9.84 Å². The molecule has 0 heterocycles. The molecule has 2 rings (SSSR count). The summed E-state index contributed by atoms with van der Waals surface area (Å²) in [4.78, 5) is 0. The number of hydrogen-bond donors (Lipinski definition) is 1. The fourth-order valence-corrected chi connectivity index (χ4v) is 2.85. The highest BCUT2D eigenvalue weighted by Crippen LogP contribution is 2.51. The van der Waals surface area contributed by atoms with E-state index in [2.05, 4.69) is 6.92 Å². The van der Waals surface area contributed by atoms with E-state index in [-0.39, 0.29) is 6.10 Å². The minimum Gasteiger partial charge on any atom is -0.498 e. The quantitative estimate of drug-likeness (QED) is 0.674. The minimum absolute atomic E-state index is 0.338. The van der Waals surface area contributed by atoms with Gasteiger partial charge in [-0.05, 0) is 43.1 Å². The molecule has 0 unspecified atom stereocenters. The van der Waals surface area contributed by atoms with Crippen LogP contribution < -0.4 is 0 Å². The number of aliphatic hydroxyl groups excluding tert-OH is 1. The molecule has 74 valence electrons. The van der Waals surface area contributed by atoms with Gasteiger partial charge in [0.25, 0.3) is 0 Å². The van der Waals surface area contributed by atoms with Crippen LogP contribution in [0.3, 0.4) is 0 Å². The standard InChI is InChI=1S/C11H18O2/c1-11-6-3-4-8(11)10(13-2)9(12)5-7-11/h9,12H,3-7H2,1-2H3/t9-,11-/m1/s1. The van der Waals surface area contributed by atoms with Gasteiger partial charge in [-0.15, -0.1) is 0 Å². The highest BCUT2D eigenvalue weighted by molar-refractivity contribution is 5.26. The summed E-state index contributed by atoms with van der Waals surface area (Å²) in [7, 11) is 1.68. The Morgan fingerprint density at radius 3 is 2.92 bits per heavy atom. The van der Waals surface area contributed by atoms with E-state index < -0.39 is 0 Å². The Morgan fingerprint density at radius 1 is 1.46 bits per heavy atom. The SMILES string of the molecule is COC1=C2CCC[C@]2(C)CC[C@H]1O. The van der Waals surface area contributed by atoms with Crippen LogP contribution in [0.4, 0.5) is 0 Å². The number of hydrogen-bond acceptors (Lipinski definition) is 2. The van der Waals surface area contributed by atoms with Crippen molar-refractivity contribution in [3.05, 3.63) is 11.3 Å². The van der Waals surface area contributed by atoms with E-state index in [1.165, 1.54) is 18.4 Å². The second-order valence-electron chi connectivity index (χ2n) is 4.52. The Hall–Kier alpha value is -0.500. The zero-order chi connectivity index (χ0) is 9.47. The van der Waals surface area contributed by atoms with E-state index in [9.17, 15) is 5.11 Å². The molecule has 0 aromatic heterocycles. The third kappa shape index (κ3) is 1.28. The van der Waals surface area contributed by atoms with Crippen molar-refractivity contribution in [1.29, 1.82) is 0 Å². The first-order valence-electron chi connectivity index (χ1n) is 5.13. The predicted molar refractivity (Wildman–Crippen MR) is 51.2 cm³/mol. The molecule has 2 atom stereocenters. The summed E-state index contributed by atoms with van der Waals surface area (Å²) in [6.45, 7) is 2.31. The Kier molecular flexibility index (Phi) is 2.11. The fourth-order valence-electron chi connectivity index (χ4n) is 2.85. The zero-order valence-corrected chi connectivity index (χ0v) is 8.47. The zero-order valence-electron chi connectivity index (χ0n) is 8.47. The largest absolute Gasteiger partial charge is 0.498 e. The van der Waals surface area contributed by atoms with E-state index in [1.54, 1.807) is 7.11 Å². The Morgan fingerprint density at radius 2 is 2.23 bits per heavy atom. The molecule has 2 aliphatic carbocycles. The molecule has 0 aliphatic heterocycles. The van der Waals surface area contributed by atoms with Gasteiger partial charge in [-0.3, -0.25) is 0 Å². The van der Waals surface area contributed by atoms with Crippen LogP contribution in [-0.4, -0.2) is 18.3 Å². The lowest BCUT2D eigenvalue weighted by Gasteiger charge is -2.34. The van der Waals surface area contributed by atoms with Crippen molar-refractivity contribution in [2.24, 2.45) is 5.41 Å². The number of fused-ring (bicyclic) bond motifs is 1. The van der Waals surface area contributed by atoms with E-state index in [4.69, 9.17) is 4.74 Å². The summed E-state index contributed by atoms with van der Waals surface area (Å²) in [5.41, 5.74) is 1.72. The Labute approximate surface area is 79.6 Å². The van der Waals surface area contributed by atoms with Gasteiger partial charge in [0.2, 0.25) is 0 Å². The number of rotatable bonds is 1. The monoisotopic (exact) mass is 182 g/mol. The predicted octanol–water partition coefficient (Wildman–Crippen LogP) is 2.23. The lowest BCUT2D eigenvalue weighted by Crippen LogP contribution is -2.28. The van der Waals surface area contributed by atoms with Crippen LogP contribution in [0, 0.1) is 5.41 Å². The molecule has 0 saturated heterocycles. The average molecular weight is 182 g/mol. The van der Waals surface area contributed by atoms with E-state index >= 15 is 0 Å². The lowest BCUT2D eigenvalue weighted by molar-refractivity contribution is 0.0865. The molecule has 0 aromatic rings. The van der Waals surface area contributed by atoms with Crippen molar-refractivity contribution in [3.63, 3.8) is 0 Å². The van der Waals surface area contributed by atoms with Gasteiger partial charge in [-0.2, -0.15) is 0 Å². The molecule has 1 saturated carbocycles. The molecule has 1 N–H and O–H groups in total. The molecule has 0 bridgehead atoms. The van der Waals surface area contributed by atoms with Gasteiger partial charge in [-0.25, -0.2) is 0 Å². The summed E-state index contributed by atoms with van der Waals surface area (Å²) in [5, 5.41) is 9.75. The van der Waals surface area contributed by atoms with Crippen LogP contribution in [0.1, 0.15) is 39.0 Å². The van der Waals surface area contributed by atoms with Gasteiger partial charge in [0.05, 0.1) is 7.11 Å². The van der Waals surface area contributed by atoms with Crippen molar-refractivity contribution < 1.29 is 9.84 Å². The van der Waals surface area contributed by atoms with Crippen LogP contribution in [0.25, 0.3) is 0 Å². The van der Waals surface area contributed by atoms with Gasteiger partial charge in [0.15, 0.2) is 0 Å². The first-order valence-corrected chi connectivity index (χ1v) is 5.13. The van der Waals surface area contributed by atoms with Crippen LogP contribution in [0.15, 0.2) is 11.3 Å². The molecule has 0 radical (unpaired) electrons. The average Bonchev–Trinajstić information content (AvgIpc) is 2.48. The molecule has 0 aromatic carbocycles. The van der Waals surface area contributed by atoms with Crippen molar-refractivity contribution >= 4 is 0 Å². The molecule has 1 fully saturated rings. The normalized spacial score (nSPS) is 39.2. The number of aliphatic hydroxyl groups is 1. The number of allylic oxidation sites excluding steroid dienone is 1. The molecule has 2 heteroatoms. The summed E-state index contributed by atoms with van der Waals surface area (Å²) in [6.07, 6.45) is 5.29. The van der Waals surface area contributed by atoms with E-state index in [1.807, 2.05) is 0 Å². The van der Waals surface area contributed by atoms with Crippen LogP contribution in [-0.2, 0) is 4.74 Å². The Balaban J connectivity index is 2.39. The van der Waals surface area contributed by atoms with E-state index in [0.717, 1.165) is 25.0 Å². The van der Waals surface area contributed by atoms with Crippen molar-refractivity contribution in [1.82, 2.24) is 0 Å². The van der Waals surface area contributed by atoms with Crippen molar-refractivity contribution in [3.8, 4) is 0 Å². The molecular formula is C11H18O2. The number of methoxy groups -OCH3 is 1. The summed E-state index contributed by atoms with van der Waals surface area (Å²) in [5.74, 6) is 0.867. The van der Waals surface area contributed by atoms with Crippen LogP contribution in [0.5, 0.6) is 0 Å². The summed E-state index contributed by atoms with van der Waals surface area (Å²) < 4.78 is 5.31. The third-order valence-corrected chi connectivity index (χ3v) is 3.67. The van der Waals surface area contributed by atoms with E-state index in [0.29, 0.717) is 5.41 Å². The second kappa shape index (κ2) is 3.02. The maximum atomic E-state index is 9.75. The smallest absolute Gasteiger partial charge is 0.124 e. The van der Waals surface area contributed by atoms with Gasteiger partial charge in [0.1, 0.15) is 11.9 Å². The number of ether oxygens (including phenoxy) is 1. The van der Waals surface area contributed by atoms with Crippen molar-refractivity contribution in [2.75, 3.05) is 7.11 Å². The molecule has 2 nitrogen and oxygen atoms in total. The molecule has 2 aliphatic rings. The van der Waals surface area contributed by atoms with Gasteiger partial charge in [0, 0.05) is 0 Å². The molecule has 0 spiro atoms. The maximum absolute atomic E-state index is 9.75. The molecular weight excluding hydrogens is 164 g/mol. The van der Waals surface area contributed by atoms with Crippen molar-refractivity contribution in [2.45, 2.75) is 45.1 Å². The third-order valence-electron chi connectivity index (χ3n) is 3.67. The molecule has 13 heavy (non-hydrogen) atoms. The van der Waals surface area contributed by atoms with Crippen LogP contribution >= 0.6 is 0 Å². The summed E-state index contributed by atoms with van der Waals surface area (Å²) in [6, 6.07) is 0. The first kappa shape index (κ1) is 9.07. The first-order chi connectivity index (χ1) is 6.17. The maximum Gasteiger partial charge on any atom is 0.124 e.